The number of ether oxygens (including phenoxy) is 1. The number of amides is 1. The molecule has 1 saturated heterocycles. The van der Waals surface area contributed by atoms with Gasteiger partial charge >= 0.3 is 6.61 Å². The standard InChI is InChI=1S/C14H18F2N2O2/c1-8-3-4-11(5-12(8)20-14(15)16)18-13(19)9(2)10-6-17-7-10/h3-5,9-10,14,17H,6-7H2,1-2H3,(H,18,19). The molecule has 1 heterocycles. The van der Waals surface area contributed by atoms with Gasteiger partial charge in [-0.15, -0.1) is 0 Å². The Bertz CT molecular complexity index is 490. The third-order valence-corrected chi connectivity index (χ3v) is 3.61. The molecule has 1 aromatic carbocycles. The molecular weight excluding hydrogens is 266 g/mol. The molecule has 1 fully saturated rings. The molecule has 0 aliphatic carbocycles. The lowest BCUT2D eigenvalue weighted by Crippen LogP contribution is -2.48. The summed E-state index contributed by atoms with van der Waals surface area (Å²) >= 11 is 0. The molecular formula is C14H18F2N2O2. The van der Waals surface area contributed by atoms with Crippen LogP contribution in [0, 0.1) is 18.8 Å². The Balaban J connectivity index is 2.03. The molecule has 110 valence electrons. The number of hydrogen-bond acceptors (Lipinski definition) is 3. The van der Waals surface area contributed by atoms with Crippen LogP contribution in [0.25, 0.3) is 0 Å². The van der Waals surface area contributed by atoms with Gasteiger partial charge in [-0.1, -0.05) is 13.0 Å². The monoisotopic (exact) mass is 284 g/mol. The van der Waals surface area contributed by atoms with Gasteiger partial charge in [-0.3, -0.25) is 4.79 Å². The zero-order valence-corrected chi connectivity index (χ0v) is 11.5. The number of rotatable bonds is 5. The van der Waals surface area contributed by atoms with Gasteiger partial charge in [-0.2, -0.15) is 8.78 Å². The number of carbonyl (C=O) groups excluding carboxylic acids is 1. The zero-order chi connectivity index (χ0) is 14.7. The van der Waals surface area contributed by atoms with E-state index in [4.69, 9.17) is 0 Å². The SMILES string of the molecule is Cc1ccc(NC(=O)C(C)C2CNC2)cc1OC(F)F. The second-order valence-electron chi connectivity index (χ2n) is 5.06. The van der Waals surface area contributed by atoms with E-state index in [1.54, 1.807) is 19.1 Å². The van der Waals surface area contributed by atoms with E-state index in [0.717, 1.165) is 13.1 Å². The van der Waals surface area contributed by atoms with Crippen molar-refractivity contribution in [3.05, 3.63) is 23.8 Å². The molecule has 0 saturated carbocycles. The number of nitrogens with one attached hydrogen (secondary N) is 2. The van der Waals surface area contributed by atoms with Crippen LogP contribution in [0.4, 0.5) is 14.5 Å². The van der Waals surface area contributed by atoms with Gasteiger partial charge in [-0.05, 0) is 37.6 Å². The molecule has 4 nitrogen and oxygen atoms in total. The highest BCUT2D eigenvalue weighted by Crippen LogP contribution is 2.25. The first-order valence-corrected chi connectivity index (χ1v) is 6.54. The molecule has 1 amide bonds. The normalized spacial score (nSPS) is 16.6. The van der Waals surface area contributed by atoms with Gasteiger partial charge in [0.25, 0.3) is 0 Å². The first-order valence-electron chi connectivity index (χ1n) is 6.54. The Kier molecular flexibility index (Phi) is 4.54. The number of benzene rings is 1. The van der Waals surface area contributed by atoms with Crippen LogP contribution in [0.1, 0.15) is 12.5 Å². The van der Waals surface area contributed by atoms with E-state index in [1.807, 2.05) is 6.92 Å². The van der Waals surface area contributed by atoms with E-state index in [9.17, 15) is 13.6 Å². The molecule has 1 aliphatic rings. The highest BCUT2D eigenvalue weighted by Gasteiger charge is 2.28. The zero-order valence-electron chi connectivity index (χ0n) is 11.5. The van der Waals surface area contributed by atoms with E-state index in [-0.39, 0.29) is 17.6 Å². The Morgan fingerprint density at radius 1 is 1.45 bits per heavy atom. The van der Waals surface area contributed by atoms with Crippen molar-refractivity contribution in [3.8, 4) is 5.75 Å². The third-order valence-electron chi connectivity index (χ3n) is 3.61. The molecule has 6 heteroatoms. The van der Waals surface area contributed by atoms with Gasteiger partial charge < -0.3 is 15.4 Å². The summed E-state index contributed by atoms with van der Waals surface area (Å²) in [6.45, 7) is 2.33. The fraction of sp³-hybridized carbons (Fsp3) is 0.500. The molecule has 0 aromatic heterocycles. The smallest absolute Gasteiger partial charge is 0.387 e. The molecule has 1 atom stereocenters. The minimum atomic E-state index is -2.88. The summed E-state index contributed by atoms with van der Waals surface area (Å²) in [5.74, 6) is 0.188. The van der Waals surface area contributed by atoms with E-state index < -0.39 is 6.61 Å². The number of halogens is 2. The van der Waals surface area contributed by atoms with Crippen LogP contribution in [0.15, 0.2) is 18.2 Å². The molecule has 1 unspecified atom stereocenters. The molecule has 0 spiro atoms. The van der Waals surface area contributed by atoms with Gasteiger partial charge in [0.05, 0.1) is 0 Å². The van der Waals surface area contributed by atoms with Crippen molar-refractivity contribution in [3.63, 3.8) is 0 Å². The van der Waals surface area contributed by atoms with Gasteiger partial charge in [0.2, 0.25) is 5.91 Å². The summed E-state index contributed by atoms with van der Waals surface area (Å²) in [5.41, 5.74) is 1.06. The average molecular weight is 284 g/mol. The lowest BCUT2D eigenvalue weighted by atomic mass is 9.88. The highest BCUT2D eigenvalue weighted by atomic mass is 19.3. The van der Waals surface area contributed by atoms with Crippen LogP contribution in [-0.4, -0.2) is 25.6 Å². The first kappa shape index (κ1) is 14.7. The Hall–Kier alpha value is -1.69. The van der Waals surface area contributed by atoms with Crippen molar-refractivity contribution in [1.29, 1.82) is 0 Å². The Morgan fingerprint density at radius 2 is 2.15 bits per heavy atom. The van der Waals surface area contributed by atoms with Crippen LogP contribution in [0.3, 0.4) is 0 Å². The maximum Gasteiger partial charge on any atom is 0.387 e. The maximum atomic E-state index is 12.3. The van der Waals surface area contributed by atoms with E-state index >= 15 is 0 Å². The summed E-state index contributed by atoms with van der Waals surface area (Å²) < 4.78 is 28.9. The second kappa shape index (κ2) is 6.17. The second-order valence-corrected chi connectivity index (χ2v) is 5.06. The first-order chi connectivity index (χ1) is 9.47. The van der Waals surface area contributed by atoms with Gasteiger partial charge in [-0.25, -0.2) is 0 Å². The summed E-state index contributed by atoms with van der Waals surface area (Å²) in [5, 5.41) is 5.86. The molecule has 2 N–H and O–H groups in total. The average Bonchev–Trinajstić information content (AvgIpc) is 2.30. The largest absolute Gasteiger partial charge is 0.434 e. The van der Waals surface area contributed by atoms with Gasteiger partial charge in [0, 0.05) is 17.7 Å². The third kappa shape index (κ3) is 3.45. The quantitative estimate of drug-likeness (QED) is 0.873. The molecule has 1 aliphatic heterocycles. The fourth-order valence-electron chi connectivity index (χ4n) is 2.04. The van der Waals surface area contributed by atoms with Crippen LogP contribution in [-0.2, 0) is 4.79 Å². The minimum Gasteiger partial charge on any atom is -0.434 e. The van der Waals surface area contributed by atoms with E-state index in [1.165, 1.54) is 6.07 Å². The number of hydrogen-bond donors (Lipinski definition) is 2. The lowest BCUT2D eigenvalue weighted by molar-refractivity contribution is -0.121. The summed E-state index contributed by atoms with van der Waals surface area (Å²) in [6, 6.07) is 4.74. The summed E-state index contributed by atoms with van der Waals surface area (Å²) in [4.78, 5) is 12.0. The van der Waals surface area contributed by atoms with Gasteiger partial charge in [0.15, 0.2) is 0 Å². The van der Waals surface area contributed by atoms with Gasteiger partial charge in [0.1, 0.15) is 5.75 Å². The van der Waals surface area contributed by atoms with Crippen molar-refractivity contribution in [2.75, 3.05) is 18.4 Å². The van der Waals surface area contributed by atoms with Crippen molar-refractivity contribution in [1.82, 2.24) is 5.32 Å². The number of aryl methyl sites for hydroxylation is 1. The van der Waals surface area contributed by atoms with E-state index in [2.05, 4.69) is 15.4 Å². The van der Waals surface area contributed by atoms with Crippen molar-refractivity contribution < 1.29 is 18.3 Å². The van der Waals surface area contributed by atoms with Crippen molar-refractivity contribution >= 4 is 11.6 Å². The molecule has 2 rings (SSSR count). The number of carbonyl (C=O) groups is 1. The minimum absolute atomic E-state index is 0.0794. The number of anilines is 1. The predicted octanol–water partition coefficient (Wildman–Crippen LogP) is 2.39. The fourth-order valence-corrected chi connectivity index (χ4v) is 2.04. The summed E-state index contributed by atoms with van der Waals surface area (Å²) in [7, 11) is 0. The molecule has 20 heavy (non-hydrogen) atoms. The van der Waals surface area contributed by atoms with E-state index in [0.29, 0.717) is 17.2 Å². The van der Waals surface area contributed by atoms with Crippen LogP contribution in [0.2, 0.25) is 0 Å². The maximum absolute atomic E-state index is 12.3. The Labute approximate surface area is 116 Å². The van der Waals surface area contributed by atoms with Crippen LogP contribution < -0.4 is 15.4 Å². The predicted molar refractivity (Wildman–Crippen MR) is 72.0 cm³/mol. The van der Waals surface area contributed by atoms with Crippen molar-refractivity contribution in [2.45, 2.75) is 20.5 Å². The number of alkyl halides is 2. The topological polar surface area (TPSA) is 50.4 Å². The summed E-state index contributed by atoms with van der Waals surface area (Å²) in [6.07, 6.45) is 0. The Morgan fingerprint density at radius 3 is 2.70 bits per heavy atom. The molecule has 0 radical (unpaired) electrons. The molecule has 0 bridgehead atoms. The van der Waals surface area contributed by atoms with Crippen LogP contribution in [0.5, 0.6) is 5.75 Å². The van der Waals surface area contributed by atoms with Crippen LogP contribution >= 0.6 is 0 Å². The highest BCUT2D eigenvalue weighted by molar-refractivity contribution is 5.92. The molecule has 1 aromatic rings. The lowest BCUT2D eigenvalue weighted by Gasteiger charge is -2.31. The van der Waals surface area contributed by atoms with Crippen molar-refractivity contribution in [2.24, 2.45) is 11.8 Å².